The first kappa shape index (κ1) is 14.2. The molecule has 4 heteroatoms. The molecule has 1 aromatic rings. The molecule has 1 aliphatic heterocycles. The third-order valence-electron chi connectivity index (χ3n) is 3.72. The van der Waals surface area contributed by atoms with Gasteiger partial charge in [-0.3, -0.25) is 4.90 Å². The van der Waals surface area contributed by atoms with Crippen LogP contribution in [0.3, 0.4) is 0 Å². The molecule has 1 saturated heterocycles. The van der Waals surface area contributed by atoms with E-state index in [1.807, 2.05) is 6.07 Å². The summed E-state index contributed by atoms with van der Waals surface area (Å²) in [4.78, 5) is 4.97. The van der Waals surface area contributed by atoms with Crippen LogP contribution in [0.1, 0.15) is 12.8 Å². The van der Waals surface area contributed by atoms with Gasteiger partial charge in [0.15, 0.2) is 0 Å². The Hall–Kier alpha value is -1.26. The Balaban J connectivity index is 1.82. The van der Waals surface area contributed by atoms with Crippen LogP contribution in [0.15, 0.2) is 24.3 Å². The first-order chi connectivity index (χ1) is 9.33. The molecule has 0 unspecified atom stereocenters. The van der Waals surface area contributed by atoms with Crippen LogP contribution in [0.25, 0.3) is 0 Å². The molecule has 1 aromatic carbocycles. The van der Waals surface area contributed by atoms with Gasteiger partial charge in [-0.05, 0) is 38.1 Å². The quantitative estimate of drug-likeness (QED) is 0.791. The zero-order valence-corrected chi connectivity index (χ0v) is 11.8. The van der Waals surface area contributed by atoms with Crippen molar-refractivity contribution in [1.82, 2.24) is 4.90 Å². The van der Waals surface area contributed by atoms with E-state index >= 15 is 0 Å². The number of benzene rings is 1. The topological polar surface area (TPSA) is 41.7 Å². The Labute approximate surface area is 116 Å². The third kappa shape index (κ3) is 4.11. The van der Waals surface area contributed by atoms with Crippen molar-refractivity contribution in [3.8, 4) is 5.75 Å². The normalized spacial score (nSPS) is 16.6. The molecule has 0 amide bonds. The average Bonchev–Trinajstić information content (AvgIpc) is 2.48. The highest BCUT2D eigenvalue weighted by atomic mass is 16.5. The van der Waals surface area contributed by atoms with Crippen LogP contribution in [0.2, 0.25) is 0 Å². The van der Waals surface area contributed by atoms with Crippen molar-refractivity contribution in [3.05, 3.63) is 24.3 Å². The molecule has 0 aliphatic carbocycles. The van der Waals surface area contributed by atoms with Crippen LogP contribution in [0, 0.1) is 0 Å². The van der Waals surface area contributed by atoms with Crippen LogP contribution < -0.4 is 15.4 Å². The fourth-order valence-corrected chi connectivity index (χ4v) is 2.52. The van der Waals surface area contributed by atoms with Crippen molar-refractivity contribution in [3.63, 3.8) is 0 Å². The van der Waals surface area contributed by atoms with Crippen LogP contribution >= 0.6 is 0 Å². The number of methoxy groups -OCH3 is 1. The van der Waals surface area contributed by atoms with E-state index in [0.29, 0.717) is 0 Å². The molecule has 0 saturated carbocycles. The fourth-order valence-electron chi connectivity index (χ4n) is 2.52. The summed E-state index contributed by atoms with van der Waals surface area (Å²) in [7, 11) is 1.72. The molecule has 1 fully saturated rings. The molecule has 1 aliphatic rings. The molecule has 0 atom stereocenters. The minimum atomic E-state index is 0.809. The summed E-state index contributed by atoms with van der Waals surface area (Å²) < 4.78 is 5.28. The zero-order valence-electron chi connectivity index (χ0n) is 11.8. The van der Waals surface area contributed by atoms with Crippen LogP contribution in [0.5, 0.6) is 5.75 Å². The number of unbranched alkanes of at least 4 members (excludes halogenated alkanes) is 1. The molecular formula is C15H25N3O. The largest absolute Gasteiger partial charge is 0.497 e. The van der Waals surface area contributed by atoms with E-state index in [4.69, 9.17) is 10.5 Å². The van der Waals surface area contributed by atoms with Gasteiger partial charge in [0.2, 0.25) is 0 Å². The second-order valence-corrected chi connectivity index (χ2v) is 5.03. The van der Waals surface area contributed by atoms with E-state index in [9.17, 15) is 0 Å². The Morgan fingerprint density at radius 3 is 2.63 bits per heavy atom. The van der Waals surface area contributed by atoms with Crippen LogP contribution in [0.4, 0.5) is 5.69 Å². The number of piperazine rings is 1. The van der Waals surface area contributed by atoms with Gasteiger partial charge in [0.25, 0.3) is 0 Å². The third-order valence-corrected chi connectivity index (χ3v) is 3.72. The highest BCUT2D eigenvalue weighted by molar-refractivity contribution is 5.51. The van der Waals surface area contributed by atoms with Gasteiger partial charge in [-0.1, -0.05) is 6.07 Å². The highest BCUT2D eigenvalue weighted by Gasteiger charge is 2.16. The minimum Gasteiger partial charge on any atom is -0.497 e. The predicted molar refractivity (Wildman–Crippen MR) is 79.9 cm³/mol. The van der Waals surface area contributed by atoms with Crippen LogP contribution in [-0.4, -0.2) is 51.3 Å². The van der Waals surface area contributed by atoms with Crippen molar-refractivity contribution in [2.24, 2.45) is 5.73 Å². The number of ether oxygens (including phenoxy) is 1. The summed E-state index contributed by atoms with van der Waals surface area (Å²) in [5, 5.41) is 0. The second kappa shape index (κ2) is 7.36. The number of hydrogen-bond acceptors (Lipinski definition) is 4. The molecule has 2 rings (SSSR count). The van der Waals surface area contributed by atoms with Gasteiger partial charge in [0.05, 0.1) is 7.11 Å². The van der Waals surface area contributed by atoms with E-state index in [1.54, 1.807) is 7.11 Å². The summed E-state index contributed by atoms with van der Waals surface area (Å²) >= 11 is 0. The smallest absolute Gasteiger partial charge is 0.120 e. The lowest BCUT2D eigenvalue weighted by Gasteiger charge is -2.36. The Morgan fingerprint density at radius 1 is 1.16 bits per heavy atom. The van der Waals surface area contributed by atoms with Gasteiger partial charge in [-0.25, -0.2) is 0 Å². The lowest BCUT2D eigenvalue weighted by atomic mass is 10.2. The molecule has 0 spiro atoms. The van der Waals surface area contributed by atoms with Crippen molar-refractivity contribution >= 4 is 5.69 Å². The SMILES string of the molecule is COc1cccc(N2CCN(CCCCN)CC2)c1. The highest BCUT2D eigenvalue weighted by Crippen LogP contribution is 2.22. The zero-order chi connectivity index (χ0) is 13.5. The maximum atomic E-state index is 5.53. The summed E-state index contributed by atoms with van der Waals surface area (Å²) in [5.41, 5.74) is 6.80. The van der Waals surface area contributed by atoms with Gasteiger partial charge < -0.3 is 15.4 Å². The maximum Gasteiger partial charge on any atom is 0.120 e. The standard InChI is InChI=1S/C15H25N3O/c1-19-15-6-4-5-14(13-15)18-11-9-17(10-12-18)8-3-2-7-16/h4-6,13H,2-3,7-12,16H2,1H3. The lowest BCUT2D eigenvalue weighted by molar-refractivity contribution is 0.253. The van der Waals surface area contributed by atoms with Crippen LogP contribution in [-0.2, 0) is 0 Å². The van der Waals surface area contributed by atoms with Gasteiger partial charge in [-0.15, -0.1) is 0 Å². The number of nitrogens with two attached hydrogens (primary N) is 1. The summed E-state index contributed by atoms with van der Waals surface area (Å²) in [6.45, 7) is 6.46. The monoisotopic (exact) mass is 263 g/mol. The number of hydrogen-bond donors (Lipinski definition) is 1. The van der Waals surface area contributed by atoms with Crippen molar-refractivity contribution in [2.45, 2.75) is 12.8 Å². The van der Waals surface area contributed by atoms with E-state index < -0.39 is 0 Å². The minimum absolute atomic E-state index is 0.809. The summed E-state index contributed by atoms with van der Waals surface area (Å²) in [6, 6.07) is 8.32. The number of rotatable bonds is 6. The van der Waals surface area contributed by atoms with Gasteiger partial charge in [-0.2, -0.15) is 0 Å². The number of anilines is 1. The van der Waals surface area contributed by atoms with E-state index in [-0.39, 0.29) is 0 Å². The maximum absolute atomic E-state index is 5.53. The molecule has 0 aromatic heterocycles. The van der Waals surface area contributed by atoms with Crippen molar-refractivity contribution < 1.29 is 4.74 Å². The molecule has 19 heavy (non-hydrogen) atoms. The van der Waals surface area contributed by atoms with E-state index in [1.165, 1.54) is 18.7 Å². The molecular weight excluding hydrogens is 238 g/mol. The first-order valence-corrected chi connectivity index (χ1v) is 7.15. The predicted octanol–water partition coefficient (Wildman–Crippen LogP) is 1.56. The molecule has 106 valence electrons. The van der Waals surface area contributed by atoms with E-state index in [0.717, 1.165) is 44.9 Å². The van der Waals surface area contributed by atoms with Crippen molar-refractivity contribution in [1.29, 1.82) is 0 Å². The molecule has 0 radical (unpaired) electrons. The Bertz CT molecular complexity index is 375. The first-order valence-electron chi connectivity index (χ1n) is 7.15. The molecule has 4 nitrogen and oxygen atoms in total. The lowest BCUT2D eigenvalue weighted by Crippen LogP contribution is -2.46. The number of nitrogens with zero attached hydrogens (tertiary/aromatic N) is 2. The fraction of sp³-hybridized carbons (Fsp3) is 0.600. The van der Waals surface area contributed by atoms with Gasteiger partial charge in [0.1, 0.15) is 5.75 Å². The Morgan fingerprint density at radius 2 is 1.95 bits per heavy atom. The Kier molecular flexibility index (Phi) is 5.48. The second-order valence-electron chi connectivity index (χ2n) is 5.03. The molecule has 1 heterocycles. The van der Waals surface area contributed by atoms with Gasteiger partial charge in [0, 0.05) is 37.9 Å². The molecule has 2 N–H and O–H groups in total. The summed E-state index contributed by atoms with van der Waals surface area (Å²) in [5.74, 6) is 0.933. The molecule has 0 bridgehead atoms. The van der Waals surface area contributed by atoms with Crippen molar-refractivity contribution in [2.75, 3.05) is 51.3 Å². The van der Waals surface area contributed by atoms with E-state index in [2.05, 4.69) is 28.0 Å². The summed E-state index contributed by atoms with van der Waals surface area (Å²) in [6.07, 6.45) is 2.35. The average molecular weight is 263 g/mol. The van der Waals surface area contributed by atoms with Gasteiger partial charge >= 0.3 is 0 Å².